The van der Waals surface area contributed by atoms with Crippen LogP contribution in [0.1, 0.15) is 36.8 Å². The number of nitrogens with one attached hydrogen (secondary N) is 2. The first-order chi connectivity index (χ1) is 18.2. The van der Waals surface area contributed by atoms with E-state index in [2.05, 4.69) is 39.0 Å². The molecule has 3 aromatic rings. The molecule has 2 N–H and O–H groups in total. The van der Waals surface area contributed by atoms with Crippen molar-refractivity contribution in [3.05, 3.63) is 70.8 Å². The van der Waals surface area contributed by atoms with Crippen LogP contribution in [-0.2, 0) is 10.0 Å². The molecule has 0 saturated heterocycles. The largest absolute Gasteiger partial charge is 0.493 e. The molecule has 1 aromatic heterocycles. The summed E-state index contributed by atoms with van der Waals surface area (Å²) in [5, 5.41) is 3.44. The van der Waals surface area contributed by atoms with Crippen molar-refractivity contribution in [2.75, 3.05) is 31.2 Å². The van der Waals surface area contributed by atoms with E-state index in [1.54, 1.807) is 36.7 Å². The second kappa shape index (κ2) is 12.1. The summed E-state index contributed by atoms with van der Waals surface area (Å²) in [4.78, 5) is 11.0. The second-order valence-corrected chi connectivity index (χ2v) is 11.4. The van der Waals surface area contributed by atoms with Crippen LogP contribution in [0.15, 0.2) is 53.7 Å². The van der Waals surface area contributed by atoms with Crippen molar-refractivity contribution in [2.45, 2.75) is 42.7 Å². The molecule has 0 aliphatic heterocycles. The lowest BCUT2D eigenvalue weighted by atomic mass is 9.91. The normalized spacial score (nSPS) is 18.1. The van der Waals surface area contributed by atoms with Crippen LogP contribution < -0.4 is 14.8 Å². The molecule has 4 rings (SSSR count). The lowest BCUT2D eigenvalue weighted by Gasteiger charge is -2.32. The maximum atomic E-state index is 15.2. The Labute approximate surface area is 228 Å². The van der Waals surface area contributed by atoms with Crippen LogP contribution in [0.3, 0.4) is 0 Å². The van der Waals surface area contributed by atoms with E-state index >= 15 is 4.39 Å². The first-order valence-electron chi connectivity index (χ1n) is 12.2. The number of hydrogen-bond acceptors (Lipinski definition) is 7. The molecule has 8 nitrogen and oxygen atoms in total. The fourth-order valence-corrected chi connectivity index (χ4v) is 6.03. The number of ether oxygens (including phenoxy) is 1. The van der Waals surface area contributed by atoms with Gasteiger partial charge in [-0.1, -0.05) is 35.9 Å². The third kappa shape index (κ3) is 6.61. The van der Waals surface area contributed by atoms with Gasteiger partial charge in [-0.25, -0.2) is 22.8 Å². The Bertz CT molecular complexity index is 1390. The van der Waals surface area contributed by atoms with E-state index < -0.39 is 15.8 Å². The Morgan fingerprint density at radius 3 is 2.37 bits per heavy atom. The maximum Gasteiger partial charge on any atom is 0.263 e. The molecule has 1 heterocycles. The third-order valence-corrected chi connectivity index (χ3v) is 8.45. The zero-order valence-corrected chi connectivity index (χ0v) is 23.1. The standard InChI is InChI=1S/C27H31ClFN5O3S/c1-34(2)21-13-11-20(12-14-21)32-27-30-16-18(17-31-27)8-9-19-10-15-23(25(29)26(19)37-3)33-38(35,36)24-7-5-4-6-22(24)28/h4-10,15-17,20-21,33H,11-14H2,1-3H3,(H,30,31,32)/b9-8+/t20-,21-. The van der Waals surface area contributed by atoms with Crippen molar-refractivity contribution in [2.24, 2.45) is 0 Å². The van der Waals surface area contributed by atoms with Gasteiger partial charge < -0.3 is 15.0 Å². The number of nitrogens with zero attached hydrogens (tertiary/aromatic N) is 3. The Morgan fingerprint density at radius 1 is 1.05 bits per heavy atom. The van der Waals surface area contributed by atoms with Gasteiger partial charge in [-0.3, -0.25) is 4.72 Å². The van der Waals surface area contributed by atoms with Crippen LogP contribution in [0.4, 0.5) is 16.0 Å². The van der Waals surface area contributed by atoms with Crippen molar-refractivity contribution in [3.63, 3.8) is 0 Å². The monoisotopic (exact) mass is 559 g/mol. The molecule has 202 valence electrons. The second-order valence-electron chi connectivity index (χ2n) is 9.37. The molecule has 0 bridgehead atoms. The third-order valence-electron chi connectivity index (χ3n) is 6.59. The maximum absolute atomic E-state index is 15.2. The first-order valence-corrected chi connectivity index (χ1v) is 14.1. The molecular formula is C27H31ClFN5O3S. The van der Waals surface area contributed by atoms with Gasteiger partial charge in [-0.05, 0) is 64.0 Å². The summed E-state index contributed by atoms with van der Waals surface area (Å²) < 4.78 is 48.1. The van der Waals surface area contributed by atoms with Crippen molar-refractivity contribution in [3.8, 4) is 5.75 Å². The van der Waals surface area contributed by atoms with Crippen molar-refractivity contribution in [1.82, 2.24) is 14.9 Å². The van der Waals surface area contributed by atoms with E-state index in [9.17, 15) is 8.42 Å². The molecule has 1 fully saturated rings. The Balaban J connectivity index is 1.44. The summed E-state index contributed by atoms with van der Waals surface area (Å²) in [5.74, 6) is -0.368. The van der Waals surface area contributed by atoms with E-state index in [-0.39, 0.29) is 21.4 Å². The summed E-state index contributed by atoms with van der Waals surface area (Å²) in [5.41, 5.74) is 0.890. The van der Waals surface area contributed by atoms with E-state index in [0.29, 0.717) is 23.6 Å². The summed E-state index contributed by atoms with van der Waals surface area (Å²) in [6.07, 6.45) is 11.2. The number of anilines is 2. The van der Waals surface area contributed by atoms with E-state index in [4.69, 9.17) is 16.3 Å². The minimum atomic E-state index is -4.10. The van der Waals surface area contributed by atoms with Crippen molar-refractivity contribution in [1.29, 1.82) is 0 Å². The Hall–Kier alpha value is -3.21. The van der Waals surface area contributed by atoms with Crippen LogP contribution >= 0.6 is 11.6 Å². The molecule has 11 heteroatoms. The minimum Gasteiger partial charge on any atom is -0.493 e. The van der Waals surface area contributed by atoms with Gasteiger partial charge in [0.15, 0.2) is 11.6 Å². The van der Waals surface area contributed by atoms with Crippen molar-refractivity contribution < 1.29 is 17.5 Å². The van der Waals surface area contributed by atoms with E-state index in [1.807, 2.05) is 0 Å². The molecule has 0 amide bonds. The van der Waals surface area contributed by atoms with Gasteiger partial charge in [-0.15, -0.1) is 0 Å². The van der Waals surface area contributed by atoms with Crippen LogP contribution in [-0.4, -0.2) is 56.6 Å². The quantitative estimate of drug-likeness (QED) is 0.355. The number of methoxy groups -OCH3 is 1. The van der Waals surface area contributed by atoms with E-state index in [1.165, 1.54) is 31.4 Å². The number of benzene rings is 2. The average molecular weight is 560 g/mol. The Kier molecular flexibility index (Phi) is 8.86. The van der Waals surface area contributed by atoms with Crippen molar-refractivity contribution >= 4 is 45.4 Å². The lowest BCUT2D eigenvalue weighted by molar-refractivity contribution is 0.221. The fourth-order valence-electron chi connectivity index (χ4n) is 4.45. The first kappa shape index (κ1) is 27.8. The van der Waals surface area contributed by atoms with E-state index in [0.717, 1.165) is 31.2 Å². The number of sulfonamides is 1. The predicted molar refractivity (Wildman–Crippen MR) is 150 cm³/mol. The molecule has 0 spiro atoms. The molecule has 0 radical (unpaired) electrons. The van der Waals surface area contributed by atoms with Gasteiger partial charge in [-0.2, -0.15) is 0 Å². The number of halogens is 2. The zero-order valence-electron chi connectivity index (χ0n) is 21.5. The fraction of sp³-hybridized carbons (Fsp3) is 0.333. The van der Waals surface area contributed by atoms with Crippen LogP contribution in [0.5, 0.6) is 5.75 Å². The summed E-state index contributed by atoms with van der Waals surface area (Å²) in [7, 11) is 1.46. The van der Waals surface area contributed by atoms with Gasteiger partial charge in [0.05, 0.1) is 17.8 Å². The van der Waals surface area contributed by atoms with Gasteiger partial charge in [0.25, 0.3) is 10.0 Å². The van der Waals surface area contributed by atoms with Crippen LogP contribution in [0.25, 0.3) is 12.2 Å². The highest BCUT2D eigenvalue weighted by Crippen LogP contribution is 2.32. The van der Waals surface area contributed by atoms with Gasteiger partial charge in [0.2, 0.25) is 5.95 Å². The van der Waals surface area contributed by atoms with Gasteiger partial charge >= 0.3 is 0 Å². The Morgan fingerprint density at radius 2 is 1.74 bits per heavy atom. The van der Waals surface area contributed by atoms with Gasteiger partial charge in [0, 0.05) is 35.6 Å². The number of rotatable bonds is 9. The molecule has 1 aliphatic carbocycles. The molecule has 1 saturated carbocycles. The summed E-state index contributed by atoms with van der Waals surface area (Å²) >= 11 is 6.01. The summed E-state index contributed by atoms with van der Waals surface area (Å²) in [6.45, 7) is 0. The molecule has 0 unspecified atom stereocenters. The number of hydrogen-bond donors (Lipinski definition) is 2. The minimum absolute atomic E-state index is 0.0343. The SMILES string of the molecule is COc1c(/C=C/c2cnc(N[C@H]3CC[C@H](N(C)C)CC3)nc2)ccc(NS(=O)(=O)c2ccccc2Cl)c1F. The number of aromatic nitrogens is 2. The molecule has 1 aliphatic rings. The average Bonchev–Trinajstić information content (AvgIpc) is 2.90. The zero-order chi connectivity index (χ0) is 27.3. The highest BCUT2D eigenvalue weighted by molar-refractivity contribution is 7.92. The molecular weight excluding hydrogens is 529 g/mol. The predicted octanol–water partition coefficient (Wildman–Crippen LogP) is 5.53. The summed E-state index contributed by atoms with van der Waals surface area (Å²) in [6, 6.07) is 9.81. The topological polar surface area (TPSA) is 96.4 Å². The van der Waals surface area contributed by atoms with Crippen LogP contribution in [0, 0.1) is 5.82 Å². The molecule has 2 aromatic carbocycles. The van der Waals surface area contributed by atoms with Gasteiger partial charge in [0.1, 0.15) is 4.90 Å². The molecule has 38 heavy (non-hydrogen) atoms. The van der Waals surface area contributed by atoms with Crippen LogP contribution in [0.2, 0.25) is 5.02 Å². The highest BCUT2D eigenvalue weighted by Gasteiger charge is 2.23. The smallest absolute Gasteiger partial charge is 0.263 e. The lowest BCUT2D eigenvalue weighted by Crippen LogP contribution is -2.36. The highest BCUT2D eigenvalue weighted by atomic mass is 35.5. The molecule has 0 atom stereocenters.